The lowest BCUT2D eigenvalue weighted by molar-refractivity contribution is 0.0975. The van der Waals surface area contributed by atoms with Gasteiger partial charge in [-0.25, -0.2) is 0 Å². The van der Waals surface area contributed by atoms with E-state index in [1.54, 1.807) is 48.5 Å². The minimum Gasteiger partial charge on any atom is -0.491 e. The highest BCUT2D eigenvalue weighted by molar-refractivity contribution is 7.80. The second-order valence-corrected chi connectivity index (χ2v) is 6.09. The third-order valence-electron chi connectivity index (χ3n) is 3.68. The van der Waals surface area contributed by atoms with Crippen molar-refractivity contribution in [1.29, 1.82) is 0 Å². The zero-order valence-corrected chi connectivity index (χ0v) is 15.4. The van der Waals surface area contributed by atoms with Crippen molar-refractivity contribution in [3.63, 3.8) is 0 Å². The summed E-state index contributed by atoms with van der Waals surface area (Å²) in [6.45, 7) is 3.98. The standard InChI is InChI=1S/C19H21N3O3S/c1-3-12(2)25-14-8-6-7-13(11-14)18(24)22-19(26)21-16-10-5-4-9-15(16)17(20)23/h4-12H,3H2,1-2H3,(H2,20,23)(H2,21,22,24,26). The van der Waals surface area contributed by atoms with Gasteiger partial charge >= 0.3 is 0 Å². The quantitative estimate of drug-likeness (QED) is 0.679. The maximum absolute atomic E-state index is 12.4. The van der Waals surface area contributed by atoms with Gasteiger partial charge in [-0.15, -0.1) is 0 Å². The third-order valence-corrected chi connectivity index (χ3v) is 3.88. The first-order valence-electron chi connectivity index (χ1n) is 8.18. The molecule has 0 aliphatic rings. The Hall–Kier alpha value is -2.93. The first kappa shape index (κ1) is 19.4. The molecule has 1 unspecified atom stereocenters. The molecule has 1 atom stereocenters. The van der Waals surface area contributed by atoms with Crippen LogP contribution >= 0.6 is 12.2 Å². The molecule has 0 aromatic heterocycles. The van der Waals surface area contributed by atoms with Gasteiger partial charge in [-0.2, -0.15) is 0 Å². The highest BCUT2D eigenvalue weighted by Gasteiger charge is 2.12. The van der Waals surface area contributed by atoms with Gasteiger partial charge in [-0.05, 0) is 55.9 Å². The second kappa shape index (κ2) is 8.96. The lowest BCUT2D eigenvalue weighted by Crippen LogP contribution is -2.34. The minimum absolute atomic E-state index is 0.0568. The first-order valence-corrected chi connectivity index (χ1v) is 8.59. The van der Waals surface area contributed by atoms with E-state index < -0.39 is 5.91 Å². The number of para-hydroxylation sites is 1. The summed E-state index contributed by atoms with van der Waals surface area (Å²) in [6, 6.07) is 13.5. The molecule has 0 radical (unpaired) electrons. The van der Waals surface area contributed by atoms with Crippen molar-refractivity contribution in [3.8, 4) is 5.75 Å². The summed E-state index contributed by atoms with van der Waals surface area (Å²) in [7, 11) is 0. The van der Waals surface area contributed by atoms with E-state index in [2.05, 4.69) is 10.6 Å². The Bertz CT molecular complexity index is 823. The zero-order chi connectivity index (χ0) is 19.1. The van der Waals surface area contributed by atoms with Crippen LogP contribution in [0.4, 0.5) is 5.69 Å². The highest BCUT2D eigenvalue weighted by atomic mass is 32.1. The van der Waals surface area contributed by atoms with Gasteiger partial charge in [-0.3, -0.25) is 14.9 Å². The Morgan fingerprint density at radius 1 is 1.19 bits per heavy atom. The van der Waals surface area contributed by atoms with Crippen molar-refractivity contribution in [2.24, 2.45) is 5.73 Å². The third kappa shape index (κ3) is 5.29. The number of carbonyl (C=O) groups is 2. The summed E-state index contributed by atoms with van der Waals surface area (Å²) >= 11 is 5.15. The molecule has 0 saturated carbocycles. The van der Waals surface area contributed by atoms with Gasteiger partial charge < -0.3 is 15.8 Å². The number of primary amides is 1. The number of thiocarbonyl (C=S) groups is 1. The number of benzene rings is 2. The maximum Gasteiger partial charge on any atom is 0.257 e. The van der Waals surface area contributed by atoms with Gasteiger partial charge in [0, 0.05) is 5.56 Å². The van der Waals surface area contributed by atoms with Crippen LogP contribution in [0.5, 0.6) is 5.75 Å². The maximum atomic E-state index is 12.4. The largest absolute Gasteiger partial charge is 0.491 e. The van der Waals surface area contributed by atoms with Crippen molar-refractivity contribution in [2.45, 2.75) is 26.4 Å². The second-order valence-electron chi connectivity index (χ2n) is 5.68. The number of nitrogens with two attached hydrogens (primary N) is 1. The molecule has 0 spiro atoms. The smallest absolute Gasteiger partial charge is 0.257 e. The van der Waals surface area contributed by atoms with Crippen LogP contribution in [-0.2, 0) is 0 Å². The highest BCUT2D eigenvalue weighted by Crippen LogP contribution is 2.17. The number of hydrogen-bond acceptors (Lipinski definition) is 4. The number of hydrogen-bond donors (Lipinski definition) is 3. The lowest BCUT2D eigenvalue weighted by Gasteiger charge is -2.14. The van der Waals surface area contributed by atoms with E-state index >= 15 is 0 Å². The van der Waals surface area contributed by atoms with E-state index in [0.717, 1.165) is 6.42 Å². The summed E-state index contributed by atoms with van der Waals surface area (Å²) in [5, 5.41) is 5.46. The van der Waals surface area contributed by atoms with Crippen LogP contribution in [0.25, 0.3) is 0 Å². The number of nitrogens with one attached hydrogen (secondary N) is 2. The van der Waals surface area contributed by atoms with Gasteiger partial charge in [0.1, 0.15) is 5.75 Å². The number of anilines is 1. The molecule has 2 amide bonds. The predicted molar refractivity (Wildman–Crippen MR) is 105 cm³/mol. The molecular formula is C19H21N3O3S. The molecule has 2 aromatic rings. The van der Waals surface area contributed by atoms with Crippen molar-refractivity contribution in [1.82, 2.24) is 5.32 Å². The Morgan fingerprint density at radius 2 is 1.92 bits per heavy atom. The summed E-state index contributed by atoms with van der Waals surface area (Å²) in [4.78, 5) is 23.8. The molecule has 0 heterocycles. The molecule has 0 bridgehead atoms. The van der Waals surface area contributed by atoms with E-state index in [9.17, 15) is 9.59 Å². The molecule has 2 rings (SSSR count). The van der Waals surface area contributed by atoms with Crippen LogP contribution in [0.1, 0.15) is 41.0 Å². The minimum atomic E-state index is -0.586. The fraction of sp³-hybridized carbons (Fsp3) is 0.211. The van der Waals surface area contributed by atoms with Crippen LogP contribution in [0.2, 0.25) is 0 Å². The molecule has 6 nitrogen and oxygen atoms in total. The normalized spacial score (nSPS) is 11.3. The van der Waals surface area contributed by atoms with Gasteiger partial charge in [-0.1, -0.05) is 25.1 Å². The van der Waals surface area contributed by atoms with E-state index in [0.29, 0.717) is 17.0 Å². The molecule has 0 fully saturated rings. The van der Waals surface area contributed by atoms with Crippen LogP contribution < -0.4 is 21.1 Å². The average Bonchev–Trinajstić information content (AvgIpc) is 2.62. The molecule has 4 N–H and O–H groups in total. The molecule has 2 aromatic carbocycles. The SMILES string of the molecule is CCC(C)Oc1cccc(C(=O)NC(=S)Nc2ccccc2C(N)=O)c1. The van der Waals surface area contributed by atoms with Gasteiger partial charge in [0.05, 0.1) is 17.4 Å². The number of carbonyl (C=O) groups excluding carboxylic acids is 2. The van der Waals surface area contributed by atoms with E-state index in [1.165, 1.54) is 0 Å². The van der Waals surface area contributed by atoms with Crippen LogP contribution in [0.3, 0.4) is 0 Å². The van der Waals surface area contributed by atoms with Crippen molar-refractivity contribution < 1.29 is 14.3 Å². The molecular weight excluding hydrogens is 350 g/mol. The van der Waals surface area contributed by atoms with Crippen LogP contribution in [0, 0.1) is 0 Å². The van der Waals surface area contributed by atoms with Gasteiger partial charge in [0.25, 0.3) is 11.8 Å². The summed E-state index contributed by atoms with van der Waals surface area (Å²) < 4.78 is 5.72. The predicted octanol–water partition coefficient (Wildman–Crippen LogP) is 3.09. The average molecular weight is 371 g/mol. The fourth-order valence-corrected chi connectivity index (χ4v) is 2.36. The molecule has 7 heteroatoms. The molecule has 26 heavy (non-hydrogen) atoms. The molecule has 136 valence electrons. The van der Waals surface area contributed by atoms with Crippen molar-refractivity contribution in [2.75, 3.05) is 5.32 Å². The van der Waals surface area contributed by atoms with Crippen LogP contribution in [0.15, 0.2) is 48.5 Å². The summed E-state index contributed by atoms with van der Waals surface area (Å²) in [5.74, 6) is -0.351. The number of rotatable bonds is 6. The Balaban J connectivity index is 2.05. The van der Waals surface area contributed by atoms with E-state index in [-0.39, 0.29) is 22.7 Å². The molecule has 0 saturated heterocycles. The Morgan fingerprint density at radius 3 is 2.62 bits per heavy atom. The monoisotopic (exact) mass is 371 g/mol. The number of amides is 2. The molecule has 0 aliphatic heterocycles. The van der Waals surface area contributed by atoms with Crippen LogP contribution in [-0.4, -0.2) is 23.0 Å². The zero-order valence-electron chi connectivity index (χ0n) is 14.6. The van der Waals surface area contributed by atoms with Crippen molar-refractivity contribution in [3.05, 3.63) is 59.7 Å². The first-order chi connectivity index (χ1) is 12.4. The van der Waals surface area contributed by atoms with E-state index in [4.69, 9.17) is 22.7 Å². The van der Waals surface area contributed by atoms with E-state index in [1.807, 2.05) is 13.8 Å². The number of ether oxygens (including phenoxy) is 1. The van der Waals surface area contributed by atoms with Gasteiger partial charge in [0.2, 0.25) is 0 Å². The topological polar surface area (TPSA) is 93.4 Å². The Labute approximate surface area is 157 Å². The summed E-state index contributed by atoms with van der Waals surface area (Å²) in [5.41, 5.74) is 6.46. The van der Waals surface area contributed by atoms with Crippen molar-refractivity contribution >= 4 is 34.8 Å². The molecule has 0 aliphatic carbocycles. The summed E-state index contributed by atoms with van der Waals surface area (Å²) in [6.07, 6.45) is 0.922. The van der Waals surface area contributed by atoms with Gasteiger partial charge in [0.15, 0.2) is 5.11 Å². The lowest BCUT2D eigenvalue weighted by atomic mass is 10.1. The fourth-order valence-electron chi connectivity index (χ4n) is 2.16. The Kier molecular flexibility index (Phi) is 6.68.